The maximum absolute atomic E-state index is 12.3. The third-order valence-corrected chi connectivity index (χ3v) is 5.35. The average molecular weight is 374 g/mol. The van der Waals surface area contributed by atoms with Gasteiger partial charge in [0.25, 0.3) is 5.91 Å². The zero-order chi connectivity index (χ0) is 20.2. The fourth-order valence-electron chi connectivity index (χ4n) is 3.63. The molecule has 6 heteroatoms. The Kier molecular flexibility index (Phi) is 6.29. The van der Waals surface area contributed by atoms with E-state index in [4.69, 9.17) is 0 Å². The molecule has 148 valence electrons. The lowest BCUT2D eigenvalue weighted by Crippen LogP contribution is -2.57. The Morgan fingerprint density at radius 1 is 1.15 bits per heavy atom. The van der Waals surface area contributed by atoms with Crippen LogP contribution in [-0.2, 0) is 15.0 Å². The number of carboxylic acid groups (broad SMARTS) is 1. The topological polar surface area (TPSA) is 95.5 Å². The summed E-state index contributed by atoms with van der Waals surface area (Å²) in [4.78, 5) is 36.0. The van der Waals surface area contributed by atoms with E-state index in [1.54, 1.807) is 19.1 Å². The van der Waals surface area contributed by atoms with E-state index in [-0.39, 0.29) is 23.8 Å². The van der Waals surface area contributed by atoms with Crippen molar-refractivity contribution in [2.45, 2.75) is 64.3 Å². The van der Waals surface area contributed by atoms with Crippen LogP contribution in [0.5, 0.6) is 0 Å². The second-order valence-corrected chi connectivity index (χ2v) is 8.61. The number of aliphatic carboxylic acids is 1. The molecule has 0 heterocycles. The maximum atomic E-state index is 12.3. The van der Waals surface area contributed by atoms with Gasteiger partial charge in [-0.1, -0.05) is 45.7 Å². The third kappa shape index (κ3) is 5.31. The Bertz CT molecular complexity index is 706. The number of carbonyl (C=O) groups is 3. The quantitative estimate of drug-likeness (QED) is 0.738. The highest BCUT2D eigenvalue weighted by Crippen LogP contribution is 2.33. The molecule has 0 spiro atoms. The molecule has 2 atom stereocenters. The first-order valence-corrected chi connectivity index (χ1v) is 9.45. The highest BCUT2D eigenvalue weighted by atomic mass is 16.4. The van der Waals surface area contributed by atoms with Gasteiger partial charge < -0.3 is 15.7 Å². The average Bonchev–Trinajstić information content (AvgIpc) is 2.58. The molecule has 3 N–H and O–H groups in total. The van der Waals surface area contributed by atoms with Gasteiger partial charge in [-0.15, -0.1) is 0 Å². The van der Waals surface area contributed by atoms with Crippen LogP contribution in [0, 0.1) is 5.92 Å². The Morgan fingerprint density at radius 3 is 2.33 bits per heavy atom. The molecular weight excluding hydrogens is 344 g/mol. The van der Waals surface area contributed by atoms with Crippen molar-refractivity contribution in [3.8, 4) is 0 Å². The molecule has 0 aliphatic heterocycles. The normalized spacial score (nSPS) is 22.7. The van der Waals surface area contributed by atoms with Gasteiger partial charge in [-0.2, -0.15) is 0 Å². The van der Waals surface area contributed by atoms with Crippen LogP contribution < -0.4 is 10.6 Å². The summed E-state index contributed by atoms with van der Waals surface area (Å²) in [5, 5.41) is 14.8. The minimum absolute atomic E-state index is 0.00497. The molecule has 1 aromatic rings. The van der Waals surface area contributed by atoms with Crippen LogP contribution in [0.1, 0.15) is 69.3 Å². The molecular formula is C21H30N2O4. The first-order valence-electron chi connectivity index (χ1n) is 9.45. The Morgan fingerprint density at radius 2 is 1.78 bits per heavy atom. The van der Waals surface area contributed by atoms with Crippen molar-refractivity contribution in [1.29, 1.82) is 0 Å². The maximum Gasteiger partial charge on any atom is 0.308 e. The molecule has 2 amide bonds. The number of amides is 2. The summed E-state index contributed by atoms with van der Waals surface area (Å²) in [6, 6.07) is 7.32. The number of rotatable bonds is 5. The SMILES string of the molecule is CC(C)(C)c1ccc(C(=O)NCC(=O)NC2(C)CCCCC2C(=O)O)cc1. The van der Waals surface area contributed by atoms with Crippen LogP contribution in [0.2, 0.25) is 0 Å². The predicted octanol–water partition coefficient (Wildman–Crippen LogP) is 2.86. The number of hydrogen-bond acceptors (Lipinski definition) is 3. The highest BCUT2D eigenvalue weighted by Gasteiger charge is 2.42. The first kappa shape index (κ1) is 20.9. The van der Waals surface area contributed by atoms with Gasteiger partial charge in [0, 0.05) is 5.56 Å². The molecule has 0 saturated heterocycles. The molecule has 27 heavy (non-hydrogen) atoms. The highest BCUT2D eigenvalue weighted by molar-refractivity contribution is 5.96. The summed E-state index contributed by atoms with van der Waals surface area (Å²) in [7, 11) is 0. The van der Waals surface area contributed by atoms with E-state index in [1.165, 1.54) is 0 Å². The summed E-state index contributed by atoms with van der Waals surface area (Å²) in [5.74, 6) is -2.18. The summed E-state index contributed by atoms with van der Waals surface area (Å²) < 4.78 is 0. The minimum atomic E-state index is -0.888. The molecule has 2 rings (SSSR count). The third-order valence-electron chi connectivity index (χ3n) is 5.35. The van der Waals surface area contributed by atoms with Gasteiger partial charge in [0.15, 0.2) is 0 Å². The van der Waals surface area contributed by atoms with Crippen molar-refractivity contribution in [2.75, 3.05) is 6.54 Å². The number of benzene rings is 1. The van der Waals surface area contributed by atoms with Crippen LogP contribution in [0.25, 0.3) is 0 Å². The molecule has 0 bridgehead atoms. The lowest BCUT2D eigenvalue weighted by Gasteiger charge is -2.39. The fraction of sp³-hybridized carbons (Fsp3) is 0.571. The lowest BCUT2D eigenvalue weighted by molar-refractivity contribution is -0.146. The van der Waals surface area contributed by atoms with Crippen molar-refractivity contribution in [3.05, 3.63) is 35.4 Å². The van der Waals surface area contributed by atoms with Crippen molar-refractivity contribution in [1.82, 2.24) is 10.6 Å². The summed E-state index contributed by atoms with van der Waals surface area (Å²) in [5.41, 5.74) is 0.843. The first-order chi connectivity index (χ1) is 12.5. The van der Waals surface area contributed by atoms with Gasteiger partial charge in [-0.3, -0.25) is 14.4 Å². The molecule has 1 aliphatic carbocycles. The molecule has 1 aromatic carbocycles. The van der Waals surface area contributed by atoms with Crippen LogP contribution in [-0.4, -0.2) is 35.0 Å². The van der Waals surface area contributed by atoms with Crippen molar-refractivity contribution < 1.29 is 19.5 Å². The number of carboxylic acids is 1. The second kappa shape index (κ2) is 8.11. The Balaban J connectivity index is 1.92. The van der Waals surface area contributed by atoms with Gasteiger partial charge >= 0.3 is 5.97 Å². The lowest BCUT2D eigenvalue weighted by atomic mass is 9.74. The molecule has 1 fully saturated rings. The van der Waals surface area contributed by atoms with E-state index in [9.17, 15) is 19.5 Å². The van der Waals surface area contributed by atoms with Gasteiger partial charge in [0.2, 0.25) is 5.91 Å². The van der Waals surface area contributed by atoms with Crippen molar-refractivity contribution >= 4 is 17.8 Å². The van der Waals surface area contributed by atoms with E-state index in [2.05, 4.69) is 31.4 Å². The molecule has 0 radical (unpaired) electrons. The minimum Gasteiger partial charge on any atom is -0.481 e. The van der Waals surface area contributed by atoms with E-state index in [0.29, 0.717) is 18.4 Å². The number of carbonyl (C=O) groups excluding carboxylic acids is 2. The second-order valence-electron chi connectivity index (χ2n) is 8.61. The monoisotopic (exact) mass is 374 g/mol. The molecule has 1 saturated carbocycles. The van der Waals surface area contributed by atoms with Crippen LogP contribution in [0.3, 0.4) is 0 Å². The number of hydrogen-bond donors (Lipinski definition) is 3. The standard InChI is InChI=1S/C21H30N2O4/c1-20(2,3)15-10-8-14(9-11-15)18(25)22-13-17(24)23-21(4)12-6-5-7-16(21)19(26)27/h8-11,16H,5-7,12-13H2,1-4H3,(H,22,25)(H,23,24)(H,26,27). The van der Waals surface area contributed by atoms with Crippen LogP contribution in [0.15, 0.2) is 24.3 Å². The zero-order valence-electron chi connectivity index (χ0n) is 16.6. The molecule has 1 aliphatic rings. The molecule has 2 unspecified atom stereocenters. The summed E-state index contributed by atoms with van der Waals surface area (Å²) in [6.45, 7) is 7.89. The molecule has 0 aromatic heterocycles. The zero-order valence-corrected chi connectivity index (χ0v) is 16.6. The van der Waals surface area contributed by atoms with Gasteiger partial charge in [0.1, 0.15) is 0 Å². The van der Waals surface area contributed by atoms with E-state index in [0.717, 1.165) is 18.4 Å². The van der Waals surface area contributed by atoms with Gasteiger partial charge in [-0.05, 0) is 42.9 Å². The molecule has 6 nitrogen and oxygen atoms in total. The van der Waals surface area contributed by atoms with Crippen LogP contribution in [0.4, 0.5) is 0 Å². The largest absolute Gasteiger partial charge is 0.481 e. The Hall–Kier alpha value is -2.37. The van der Waals surface area contributed by atoms with E-state index >= 15 is 0 Å². The van der Waals surface area contributed by atoms with Crippen molar-refractivity contribution in [3.63, 3.8) is 0 Å². The smallest absolute Gasteiger partial charge is 0.308 e. The Labute approximate surface area is 160 Å². The summed E-state index contributed by atoms with van der Waals surface area (Å²) in [6.07, 6.45) is 2.91. The van der Waals surface area contributed by atoms with Gasteiger partial charge in [0.05, 0.1) is 18.0 Å². The van der Waals surface area contributed by atoms with Crippen molar-refractivity contribution in [2.24, 2.45) is 5.92 Å². The fourth-order valence-corrected chi connectivity index (χ4v) is 3.63. The van der Waals surface area contributed by atoms with Crippen LogP contribution >= 0.6 is 0 Å². The predicted molar refractivity (Wildman–Crippen MR) is 104 cm³/mol. The van der Waals surface area contributed by atoms with Gasteiger partial charge in [-0.25, -0.2) is 0 Å². The van der Waals surface area contributed by atoms with E-state index in [1.807, 2.05) is 12.1 Å². The number of nitrogens with one attached hydrogen (secondary N) is 2. The van der Waals surface area contributed by atoms with E-state index < -0.39 is 17.4 Å². The summed E-state index contributed by atoms with van der Waals surface area (Å²) >= 11 is 0.